The van der Waals surface area contributed by atoms with Gasteiger partial charge in [-0.3, -0.25) is 10.1 Å². The molecule has 0 radical (unpaired) electrons. The average molecular weight is 345 g/mol. The SMILES string of the molecule is O=[N+]([O-])c1ccc2c(c1N1CCC(Nc3nccs3)CC1)CCN2. The van der Waals surface area contributed by atoms with Crippen molar-refractivity contribution >= 4 is 33.5 Å². The molecule has 7 nitrogen and oxygen atoms in total. The molecule has 2 aliphatic heterocycles. The lowest BCUT2D eigenvalue weighted by Gasteiger charge is -2.34. The van der Waals surface area contributed by atoms with E-state index in [2.05, 4.69) is 20.5 Å². The zero-order valence-electron chi connectivity index (χ0n) is 13.2. The van der Waals surface area contributed by atoms with Crippen LogP contribution in [0.5, 0.6) is 0 Å². The van der Waals surface area contributed by atoms with Gasteiger partial charge in [-0.2, -0.15) is 0 Å². The smallest absolute Gasteiger partial charge is 0.292 e. The molecule has 2 aromatic rings. The van der Waals surface area contributed by atoms with Gasteiger partial charge in [-0.05, 0) is 25.3 Å². The van der Waals surface area contributed by atoms with Crippen molar-refractivity contribution in [3.8, 4) is 0 Å². The van der Waals surface area contributed by atoms with Crippen LogP contribution in [0.3, 0.4) is 0 Å². The second kappa shape index (κ2) is 6.27. The van der Waals surface area contributed by atoms with Gasteiger partial charge in [-0.1, -0.05) is 0 Å². The average Bonchev–Trinajstić information content (AvgIpc) is 3.25. The van der Waals surface area contributed by atoms with Crippen LogP contribution < -0.4 is 15.5 Å². The van der Waals surface area contributed by atoms with Crippen LogP contribution in [0.1, 0.15) is 18.4 Å². The minimum atomic E-state index is -0.256. The van der Waals surface area contributed by atoms with Crippen LogP contribution in [-0.4, -0.2) is 35.6 Å². The summed E-state index contributed by atoms with van der Waals surface area (Å²) in [5.74, 6) is 0. The number of piperidine rings is 1. The van der Waals surface area contributed by atoms with Gasteiger partial charge >= 0.3 is 0 Å². The fourth-order valence-electron chi connectivity index (χ4n) is 3.58. The molecule has 1 saturated heterocycles. The predicted octanol–water partition coefficient (Wildman–Crippen LogP) is 3.10. The molecule has 1 aromatic heterocycles. The quantitative estimate of drug-likeness (QED) is 0.654. The molecule has 2 N–H and O–H groups in total. The first-order valence-corrected chi connectivity index (χ1v) is 9.05. The summed E-state index contributed by atoms with van der Waals surface area (Å²) in [6, 6.07) is 3.84. The Morgan fingerprint density at radius 3 is 2.92 bits per heavy atom. The van der Waals surface area contributed by atoms with E-state index in [-0.39, 0.29) is 10.6 Å². The number of rotatable bonds is 4. The van der Waals surface area contributed by atoms with E-state index in [1.54, 1.807) is 23.6 Å². The van der Waals surface area contributed by atoms with E-state index in [0.29, 0.717) is 6.04 Å². The number of hydrogen-bond donors (Lipinski definition) is 2. The molecule has 1 fully saturated rings. The van der Waals surface area contributed by atoms with Gasteiger partial charge in [0.15, 0.2) is 5.13 Å². The summed E-state index contributed by atoms with van der Waals surface area (Å²) in [6.45, 7) is 2.49. The van der Waals surface area contributed by atoms with Gasteiger partial charge in [0.1, 0.15) is 5.69 Å². The maximum atomic E-state index is 11.5. The summed E-state index contributed by atoms with van der Waals surface area (Å²) in [6.07, 6.45) is 4.55. The van der Waals surface area contributed by atoms with Crippen molar-refractivity contribution < 1.29 is 4.92 Å². The van der Waals surface area contributed by atoms with Crippen molar-refractivity contribution in [2.45, 2.75) is 25.3 Å². The van der Waals surface area contributed by atoms with Crippen LogP contribution in [0.25, 0.3) is 0 Å². The van der Waals surface area contributed by atoms with Crippen LogP contribution in [0.15, 0.2) is 23.7 Å². The zero-order valence-corrected chi connectivity index (χ0v) is 14.0. The molecule has 8 heteroatoms. The third-order valence-electron chi connectivity index (χ3n) is 4.72. The number of thiazole rings is 1. The first-order valence-electron chi connectivity index (χ1n) is 8.17. The van der Waals surface area contributed by atoms with Crippen molar-refractivity contribution in [1.82, 2.24) is 4.98 Å². The molecule has 0 saturated carbocycles. The number of benzene rings is 1. The molecule has 1 aromatic carbocycles. The van der Waals surface area contributed by atoms with Gasteiger partial charge < -0.3 is 15.5 Å². The van der Waals surface area contributed by atoms with Crippen LogP contribution in [0, 0.1) is 10.1 Å². The molecule has 3 heterocycles. The summed E-state index contributed by atoms with van der Waals surface area (Å²) >= 11 is 1.60. The maximum Gasteiger partial charge on any atom is 0.292 e. The van der Waals surface area contributed by atoms with Crippen molar-refractivity contribution in [3.63, 3.8) is 0 Å². The fraction of sp³-hybridized carbons (Fsp3) is 0.438. The van der Waals surface area contributed by atoms with E-state index >= 15 is 0 Å². The summed E-state index contributed by atoms with van der Waals surface area (Å²) in [5.41, 5.74) is 3.17. The largest absolute Gasteiger partial charge is 0.384 e. The van der Waals surface area contributed by atoms with Crippen molar-refractivity contribution in [2.24, 2.45) is 0 Å². The molecule has 2 aliphatic rings. The topological polar surface area (TPSA) is 83.3 Å². The highest BCUT2D eigenvalue weighted by molar-refractivity contribution is 7.13. The van der Waals surface area contributed by atoms with E-state index in [4.69, 9.17) is 0 Å². The molecule has 0 atom stereocenters. The minimum Gasteiger partial charge on any atom is -0.384 e. The lowest BCUT2D eigenvalue weighted by Crippen LogP contribution is -2.39. The van der Waals surface area contributed by atoms with Gasteiger partial charge in [0.2, 0.25) is 0 Å². The summed E-state index contributed by atoms with van der Waals surface area (Å²) in [5, 5.41) is 21.2. The van der Waals surface area contributed by atoms with Crippen LogP contribution in [-0.2, 0) is 6.42 Å². The van der Waals surface area contributed by atoms with E-state index < -0.39 is 0 Å². The number of aromatic nitrogens is 1. The number of fused-ring (bicyclic) bond motifs is 1. The zero-order chi connectivity index (χ0) is 16.5. The van der Waals surface area contributed by atoms with Gasteiger partial charge in [0.25, 0.3) is 5.69 Å². The lowest BCUT2D eigenvalue weighted by atomic mass is 10.0. The Balaban J connectivity index is 1.53. The second-order valence-corrected chi connectivity index (χ2v) is 7.03. The fourth-order valence-corrected chi connectivity index (χ4v) is 4.19. The number of nitrogens with zero attached hydrogens (tertiary/aromatic N) is 3. The van der Waals surface area contributed by atoms with Crippen LogP contribution >= 0.6 is 11.3 Å². The molecule has 0 bridgehead atoms. The van der Waals surface area contributed by atoms with Crippen LogP contribution in [0.4, 0.5) is 22.2 Å². The van der Waals surface area contributed by atoms with Crippen LogP contribution in [0.2, 0.25) is 0 Å². The molecule has 126 valence electrons. The Labute approximate surface area is 143 Å². The van der Waals surface area contributed by atoms with E-state index in [1.165, 1.54) is 0 Å². The summed E-state index contributed by atoms with van der Waals surface area (Å²) in [4.78, 5) is 17.7. The number of anilines is 3. The molecule has 0 amide bonds. The van der Waals surface area contributed by atoms with E-state index in [9.17, 15) is 10.1 Å². The Bertz CT molecular complexity index is 741. The Kier molecular flexibility index (Phi) is 3.97. The molecular formula is C16H19N5O2S. The molecule has 0 spiro atoms. The first-order chi connectivity index (χ1) is 11.7. The highest BCUT2D eigenvalue weighted by Gasteiger charge is 2.30. The van der Waals surface area contributed by atoms with Crippen molar-refractivity contribution in [3.05, 3.63) is 39.4 Å². The van der Waals surface area contributed by atoms with Gasteiger partial charge in [0.05, 0.1) is 4.92 Å². The predicted molar refractivity (Wildman–Crippen MR) is 96.3 cm³/mol. The third-order valence-corrected chi connectivity index (χ3v) is 5.42. The molecule has 0 aliphatic carbocycles. The minimum absolute atomic E-state index is 0.226. The van der Waals surface area contributed by atoms with E-state index in [0.717, 1.165) is 61.0 Å². The molecular weight excluding hydrogens is 326 g/mol. The summed E-state index contributed by atoms with van der Waals surface area (Å²) in [7, 11) is 0. The van der Waals surface area contributed by atoms with Gasteiger partial charge in [-0.25, -0.2) is 4.98 Å². The van der Waals surface area contributed by atoms with E-state index in [1.807, 2.05) is 11.4 Å². The van der Waals surface area contributed by atoms with Gasteiger partial charge in [0, 0.05) is 54.6 Å². The lowest BCUT2D eigenvalue weighted by molar-refractivity contribution is -0.384. The second-order valence-electron chi connectivity index (χ2n) is 6.14. The Hall–Kier alpha value is -2.35. The maximum absolute atomic E-state index is 11.5. The number of hydrogen-bond acceptors (Lipinski definition) is 7. The number of nitro groups is 1. The molecule has 24 heavy (non-hydrogen) atoms. The van der Waals surface area contributed by atoms with Gasteiger partial charge in [-0.15, -0.1) is 11.3 Å². The first kappa shape index (κ1) is 15.2. The third kappa shape index (κ3) is 2.77. The van der Waals surface area contributed by atoms with Crippen molar-refractivity contribution in [2.75, 3.05) is 35.2 Å². The Morgan fingerprint density at radius 1 is 1.38 bits per heavy atom. The standard InChI is InChI=1S/C16H19N5O2S/c22-21(23)14-2-1-13-12(3-6-17-13)15(14)20-8-4-11(5-9-20)19-16-18-7-10-24-16/h1-2,7,10-11,17H,3-6,8-9H2,(H,18,19). The number of nitrogens with one attached hydrogen (secondary N) is 2. The van der Waals surface area contributed by atoms with Crippen molar-refractivity contribution in [1.29, 1.82) is 0 Å². The highest BCUT2D eigenvalue weighted by Crippen LogP contribution is 2.40. The highest BCUT2D eigenvalue weighted by atomic mass is 32.1. The summed E-state index contributed by atoms with van der Waals surface area (Å²) < 4.78 is 0. The number of nitro benzene ring substituents is 1. The molecule has 4 rings (SSSR count). The normalized spacial score (nSPS) is 17.4. The molecule has 0 unspecified atom stereocenters. The Morgan fingerprint density at radius 2 is 2.21 bits per heavy atom. The monoisotopic (exact) mass is 345 g/mol.